The second-order valence-corrected chi connectivity index (χ2v) is 14.3. The molecule has 10 bridgehead atoms. The standard InChI is InChI=1S/C48H56O10/c1-11-12-13-58-48-28-37-17-35-25-43(53-6)33(23-44(35)54-7)15-31-21-39(49-2)29(19-40(31)50-3)14-30-20-42(52-5)32(22-41(30)51-4)16-34-24-46(56-9)36(26-45(34)55-8)18-38(48)27-47(37)57-10/h19-28H,11-18H2,1-10H3. The molecule has 5 aromatic carbocycles. The Hall–Kier alpha value is -5.90. The van der Waals surface area contributed by atoms with E-state index in [0.717, 1.165) is 126 Å². The molecule has 5 aromatic rings. The topological polar surface area (TPSA) is 92.3 Å². The fraction of sp³-hybridized carbons (Fsp3) is 0.375. The Balaban J connectivity index is 1.61. The summed E-state index contributed by atoms with van der Waals surface area (Å²) < 4.78 is 60.8. The highest BCUT2D eigenvalue weighted by Gasteiger charge is 2.23. The molecule has 0 aliphatic heterocycles. The number of hydrogen-bond acceptors (Lipinski definition) is 10. The molecule has 10 aliphatic carbocycles. The second-order valence-electron chi connectivity index (χ2n) is 14.3. The van der Waals surface area contributed by atoms with Gasteiger partial charge >= 0.3 is 0 Å². The van der Waals surface area contributed by atoms with E-state index in [4.69, 9.17) is 47.4 Å². The van der Waals surface area contributed by atoms with Gasteiger partial charge in [-0.15, -0.1) is 0 Å². The van der Waals surface area contributed by atoms with Crippen molar-refractivity contribution in [3.05, 3.63) is 116 Å². The minimum Gasteiger partial charge on any atom is -0.496 e. The number of ether oxygens (including phenoxy) is 10. The second kappa shape index (κ2) is 19.0. The van der Waals surface area contributed by atoms with E-state index < -0.39 is 0 Å². The van der Waals surface area contributed by atoms with Crippen LogP contribution in [0, 0.1) is 0 Å². The van der Waals surface area contributed by atoms with Crippen molar-refractivity contribution in [2.45, 2.75) is 51.9 Å². The molecule has 0 radical (unpaired) electrons. The molecule has 308 valence electrons. The molecular weight excluding hydrogens is 737 g/mol. The minimum atomic E-state index is 0.505. The Labute approximate surface area is 342 Å². The van der Waals surface area contributed by atoms with Crippen LogP contribution in [0.1, 0.15) is 75.4 Å². The minimum absolute atomic E-state index is 0.505. The summed E-state index contributed by atoms with van der Waals surface area (Å²) in [4.78, 5) is 0. The van der Waals surface area contributed by atoms with Crippen molar-refractivity contribution in [1.29, 1.82) is 0 Å². The third-order valence-corrected chi connectivity index (χ3v) is 10.9. The van der Waals surface area contributed by atoms with Gasteiger partial charge in [0.25, 0.3) is 0 Å². The molecular formula is C48H56O10. The van der Waals surface area contributed by atoms with Crippen LogP contribution in [0.15, 0.2) is 60.7 Å². The van der Waals surface area contributed by atoms with Crippen molar-refractivity contribution in [3.63, 3.8) is 0 Å². The monoisotopic (exact) mass is 792 g/mol. The summed E-state index contributed by atoms with van der Waals surface area (Å²) in [5.41, 5.74) is 9.41. The number of rotatable bonds is 13. The first-order valence-corrected chi connectivity index (χ1v) is 19.5. The first-order chi connectivity index (χ1) is 28.2. The van der Waals surface area contributed by atoms with Gasteiger partial charge in [-0.1, -0.05) is 13.3 Å². The van der Waals surface area contributed by atoms with E-state index in [1.54, 1.807) is 64.0 Å². The summed E-state index contributed by atoms with van der Waals surface area (Å²) in [5.74, 6) is 7.31. The fourth-order valence-corrected chi connectivity index (χ4v) is 7.80. The average molecular weight is 793 g/mol. The van der Waals surface area contributed by atoms with Crippen LogP contribution < -0.4 is 47.4 Å². The Morgan fingerprint density at radius 1 is 0.293 bits per heavy atom. The van der Waals surface area contributed by atoms with Crippen LogP contribution in [-0.2, 0) is 32.1 Å². The molecule has 0 atom stereocenters. The van der Waals surface area contributed by atoms with Gasteiger partial charge in [0.05, 0.1) is 70.6 Å². The first kappa shape index (κ1) is 41.7. The van der Waals surface area contributed by atoms with Gasteiger partial charge in [0.15, 0.2) is 0 Å². The summed E-state index contributed by atoms with van der Waals surface area (Å²) in [5, 5.41) is 0. The van der Waals surface area contributed by atoms with E-state index in [1.807, 2.05) is 48.5 Å². The first-order valence-electron chi connectivity index (χ1n) is 19.5. The summed E-state index contributed by atoms with van der Waals surface area (Å²) in [7, 11) is 15.2. The third-order valence-electron chi connectivity index (χ3n) is 10.9. The molecule has 0 heterocycles. The van der Waals surface area contributed by atoms with Crippen LogP contribution in [0.5, 0.6) is 57.5 Å². The van der Waals surface area contributed by atoms with Crippen molar-refractivity contribution in [2.75, 3.05) is 70.6 Å². The van der Waals surface area contributed by atoms with Gasteiger partial charge in [-0.25, -0.2) is 0 Å². The molecule has 0 amide bonds. The summed E-state index contributed by atoms with van der Waals surface area (Å²) in [6.45, 7) is 2.74. The van der Waals surface area contributed by atoms with Crippen molar-refractivity contribution >= 4 is 0 Å². The molecule has 0 saturated carbocycles. The number of hydrogen-bond donors (Lipinski definition) is 0. The highest BCUT2D eigenvalue weighted by atomic mass is 16.5. The predicted molar refractivity (Wildman–Crippen MR) is 226 cm³/mol. The van der Waals surface area contributed by atoms with E-state index in [2.05, 4.69) is 19.1 Å². The van der Waals surface area contributed by atoms with Crippen LogP contribution >= 0.6 is 0 Å². The lowest BCUT2D eigenvalue weighted by atomic mass is 9.94. The molecule has 10 nitrogen and oxygen atoms in total. The maximum Gasteiger partial charge on any atom is 0.123 e. The van der Waals surface area contributed by atoms with Gasteiger partial charge < -0.3 is 47.4 Å². The van der Waals surface area contributed by atoms with Crippen molar-refractivity contribution in [3.8, 4) is 57.5 Å². The Bertz CT molecular complexity index is 2220. The molecule has 58 heavy (non-hydrogen) atoms. The van der Waals surface area contributed by atoms with E-state index in [9.17, 15) is 0 Å². The normalized spacial score (nSPS) is 12.2. The number of unbranched alkanes of at least 4 members (excludes halogenated alkanes) is 1. The van der Waals surface area contributed by atoms with Gasteiger partial charge in [0.2, 0.25) is 0 Å². The SMILES string of the molecule is CCCCOc1cc2c(OC)cc1Cc1cc(OC)c(cc1OC)Cc1cc(OC)c(cc1OC)Cc1cc(OC)c(cc1OC)Cc1cc(OC)c(cc1OC)C2. The molecule has 0 saturated heterocycles. The molecule has 0 N–H and O–H groups in total. The number of benzene rings is 5. The lowest BCUT2D eigenvalue weighted by Gasteiger charge is -2.20. The number of methoxy groups -OCH3 is 9. The van der Waals surface area contributed by atoms with Crippen LogP contribution in [0.4, 0.5) is 0 Å². The lowest BCUT2D eigenvalue weighted by molar-refractivity contribution is 0.305. The van der Waals surface area contributed by atoms with E-state index in [-0.39, 0.29) is 0 Å². The van der Waals surface area contributed by atoms with E-state index >= 15 is 0 Å². The lowest BCUT2D eigenvalue weighted by Crippen LogP contribution is -2.06. The zero-order valence-electron chi connectivity index (χ0n) is 35.5. The molecule has 15 rings (SSSR count). The van der Waals surface area contributed by atoms with Crippen LogP contribution in [-0.4, -0.2) is 70.6 Å². The van der Waals surface area contributed by atoms with E-state index in [1.165, 1.54) is 0 Å². The quantitative estimate of drug-likeness (QED) is 0.106. The predicted octanol–water partition coefficient (Wildman–Crippen LogP) is 9.21. The zero-order valence-corrected chi connectivity index (χ0v) is 35.5. The van der Waals surface area contributed by atoms with Crippen LogP contribution in [0.25, 0.3) is 0 Å². The Morgan fingerprint density at radius 3 is 0.638 bits per heavy atom. The van der Waals surface area contributed by atoms with Crippen molar-refractivity contribution < 1.29 is 47.4 Å². The zero-order chi connectivity index (χ0) is 41.3. The van der Waals surface area contributed by atoms with Gasteiger partial charge in [-0.3, -0.25) is 0 Å². The summed E-state index contributed by atoms with van der Waals surface area (Å²) >= 11 is 0. The van der Waals surface area contributed by atoms with Crippen LogP contribution in [0.3, 0.4) is 0 Å². The highest BCUT2D eigenvalue weighted by Crippen LogP contribution is 2.42. The molecule has 0 aromatic heterocycles. The molecule has 0 unspecified atom stereocenters. The molecule has 10 heteroatoms. The average Bonchev–Trinajstić information content (AvgIpc) is 3.25. The van der Waals surface area contributed by atoms with E-state index in [0.29, 0.717) is 38.7 Å². The maximum absolute atomic E-state index is 6.52. The summed E-state index contributed by atoms with van der Waals surface area (Å²) in [6, 6.07) is 20.5. The largest absolute Gasteiger partial charge is 0.496 e. The Kier molecular flexibility index (Phi) is 13.7. The maximum atomic E-state index is 6.52. The molecule has 0 fully saturated rings. The molecule has 0 spiro atoms. The van der Waals surface area contributed by atoms with Gasteiger partial charge in [0.1, 0.15) is 57.5 Å². The molecule has 10 aliphatic rings. The Morgan fingerprint density at radius 2 is 0.466 bits per heavy atom. The van der Waals surface area contributed by atoms with Crippen molar-refractivity contribution in [1.82, 2.24) is 0 Å². The van der Waals surface area contributed by atoms with Crippen LogP contribution in [0.2, 0.25) is 0 Å². The van der Waals surface area contributed by atoms with Gasteiger partial charge in [0, 0.05) is 87.7 Å². The fourth-order valence-electron chi connectivity index (χ4n) is 7.80. The highest BCUT2D eigenvalue weighted by molar-refractivity contribution is 5.59. The van der Waals surface area contributed by atoms with Crippen molar-refractivity contribution in [2.24, 2.45) is 0 Å². The van der Waals surface area contributed by atoms with Gasteiger partial charge in [-0.2, -0.15) is 0 Å². The smallest absolute Gasteiger partial charge is 0.123 e. The van der Waals surface area contributed by atoms with Gasteiger partial charge in [-0.05, 0) is 67.1 Å². The third kappa shape index (κ3) is 8.81. The summed E-state index contributed by atoms with van der Waals surface area (Å²) in [6.07, 6.45) is 4.48.